The molecule has 1 aliphatic rings. The number of ether oxygens (including phenoxy) is 1. The minimum absolute atomic E-state index is 0.0595. The van der Waals surface area contributed by atoms with Crippen LogP contribution < -0.4 is 5.32 Å². The number of carbonyl (C=O) groups is 1. The molecule has 1 atom stereocenters. The van der Waals surface area contributed by atoms with E-state index in [9.17, 15) is 4.79 Å². The van der Waals surface area contributed by atoms with Crippen LogP contribution in [-0.2, 0) is 22.7 Å². The third kappa shape index (κ3) is 4.91. The van der Waals surface area contributed by atoms with Crippen molar-refractivity contribution >= 4 is 11.6 Å². The molecule has 2 aromatic carbocycles. The van der Waals surface area contributed by atoms with Crippen molar-refractivity contribution in [3.63, 3.8) is 0 Å². The lowest BCUT2D eigenvalue weighted by Gasteiger charge is -2.23. The van der Waals surface area contributed by atoms with Crippen molar-refractivity contribution in [3.05, 3.63) is 65.7 Å². The molecule has 1 heterocycles. The molecule has 132 valence electrons. The second-order valence-corrected chi connectivity index (χ2v) is 6.44. The van der Waals surface area contributed by atoms with Gasteiger partial charge in [-0.3, -0.25) is 9.69 Å². The SMILES string of the molecule is CCOCc1cccc(NC(=O)C2CCCN2Cc2ccccc2)c1. The Bertz CT molecular complexity index is 687. The van der Waals surface area contributed by atoms with Crippen molar-refractivity contribution in [2.45, 2.75) is 39.0 Å². The highest BCUT2D eigenvalue weighted by Crippen LogP contribution is 2.22. The summed E-state index contributed by atoms with van der Waals surface area (Å²) in [6.45, 7) is 5.03. The first-order valence-corrected chi connectivity index (χ1v) is 9.02. The number of anilines is 1. The summed E-state index contributed by atoms with van der Waals surface area (Å²) < 4.78 is 5.44. The number of nitrogens with one attached hydrogen (secondary N) is 1. The molecule has 0 aromatic heterocycles. The van der Waals surface area contributed by atoms with Crippen LogP contribution in [0.25, 0.3) is 0 Å². The Labute approximate surface area is 149 Å². The average Bonchev–Trinajstić information content (AvgIpc) is 3.09. The van der Waals surface area contributed by atoms with E-state index in [1.165, 1.54) is 5.56 Å². The van der Waals surface area contributed by atoms with E-state index in [2.05, 4.69) is 22.3 Å². The van der Waals surface area contributed by atoms with Gasteiger partial charge in [0.15, 0.2) is 0 Å². The molecule has 1 amide bonds. The number of rotatable bonds is 7. The van der Waals surface area contributed by atoms with E-state index in [1.54, 1.807) is 0 Å². The molecule has 1 N–H and O–H groups in total. The van der Waals surface area contributed by atoms with Gasteiger partial charge in [-0.2, -0.15) is 0 Å². The van der Waals surface area contributed by atoms with Gasteiger partial charge in [0, 0.05) is 18.8 Å². The standard InChI is InChI=1S/C21H26N2O2/c1-2-25-16-18-10-6-11-19(14-18)22-21(24)20-12-7-13-23(20)15-17-8-4-3-5-9-17/h3-6,8-11,14,20H,2,7,12-13,15-16H2,1H3,(H,22,24). The minimum Gasteiger partial charge on any atom is -0.377 e. The molecule has 25 heavy (non-hydrogen) atoms. The molecule has 1 fully saturated rings. The highest BCUT2D eigenvalue weighted by molar-refractivity contribution is 5.95. The molecule has 3 rings (SSSR count). The van der Waals surface area contributed by atoms with Crippen LogP contribution in [0.1, 0.15) is 30.9 Å². The Balaban J connectivity index is 1.62. The maximum absolute atomic E-state index is 12.8. The van der Waals surface area contributed by atoms with E-state index in [-0.39, 0.29) is 11.9 Å². The summed E-state index contributed by atoms with van der Waals surface area (Å²) in [6.07, 6.45) is 1.98. The highest BCUT2D eigenvalue weighted by atomic mass is 16.5. The predicted octanol–water partition coefficient (Wildman–Crippen LogP) is 3.83. The van der Waals surface area contributed by atoms with E-state index in [4.69, 9.17) is 4.74 Å². The van der Waals surface area contributed by atoms with E-state index < -0.39 is 0 Å². The second-order valence-electron chi connectivity index (χ2n) is 6.44. The van der Waals surface area contributed by atoms with Crippen LogP contribution in [0, 0.1) is 0 Å². The van der Waals surface area contributed by atoms with Crippen molar-refractivity contribution in [3.8, 4) is 0 Å². The molecule has 0 spiro atoms. The normalized spacial score (nSPS) is 17.6. The molecule has 4 heteroatoms. The van der Waals surface area contributed by atoms with Gasteiger partial charge in [-0.15, -0.1) is 0 Å². The zero-order valence-corrected chi connectivity index (χ0v) is 14.8. The van der Waals surface area contributed by atoms with E-state index in [1.807, 2.05) is 49.4 Å². The van der Waals surface area contributed by atoms with E-state index in [0.717, 1.165) is 37.2 Å². The summed E-state index contributed by atoms with van der Waals surface area (Å²) in [5.74, 6) is 0.0852. The van der Waals surface area contributed by atoms with Gasteiger partial charge in [0.1, 0.15) is 0 Å². The molecule has 0 bridgehead atoms. The van der Waals surface area contributed by atoms with E-state index in [0.29, 0.717) is 13.2 Å². The maximum Gasteiger partial charge on any atom is 0.241 e. The zero-order chi connectivity index (χ0) is 17.5. The topological polar surface area (TPSA) is 41.6 Å². The molecule has 1 saturated heterocycles. The number of amides is 1. The van der Waals surface area contributed by atoms with Crippen LogP contribution in [0.4, 0.5) is 5.69 Å². The lowest BCUT2D eigenvalue weighted by molar-refractivity contribution is -0.120. The van der Waals surface area contributed by atoms with Crippen LogP contribution in [0.2, 0.25) is 0 Å². The number of hydrogen-bond acceptors (Lipinski definition) is 3. The predicted molar refractivity (Wildman–Crippen MR) is 100 cm³/mol. The van der Waals surface area contributed by atoms with Crippen molar-refractivity contribution in [1.29, 1.82) is 0 Å². The van der Waals surface area contributed by atoms with Crippen LogP contribution >= 0.6 is 0 Å². The molecule has 1 aliphatic heterocycles. The molecule has 0 aliphatic carbocycles. The Morgan fingerprint density at radius 1 is 1.16 bits per heavy atom. The summed E-state index contributed by atoms with van der Waals surface area (Å²) in [5.41, 5.74) is 3.17. The molecular formula is C21H26N2O2. The van der Waals surface area contributed by atoms with Gasteiger partial charge in [0.2, 0.25) is 5.91 Å². The smallest absolute Gasteiger partial charge is 0.241 e. The van der Waals surface area contributed by atoms with Crippen molar-refractivity contribution < 1.29 is 9.53 Å². The quantitative estimate of drug-likeness (QED) is 0.834. The first kappa shape index (κ1) is 17.6. The van der Waals surface area contributed by atoms with Crippen molar-refractivity contribution in [2.24, 2.45) is 0 Å². The molecular weight excluding hydrogens is 312 g/mol. The third-order valence-corrected chi connectivity index (χ3v) is 4.56. The maximum atomic E-state index is 12.8. The summed E-state index contributed by atoms with van der Waals surface area (Å²) >= 11 is 0. The van der Waals surface area contributed by atoms with Crippen LogP contribution in [0.3, 0.4) is 0 Å². The minimum atomic E-state index is -0.0595. The fourth-order valence-electron chi connectivity index (χ4n) is 3.31. The van der Waals surface area contributed by atoms with Gasteiger partial charge >= 0.3 is 0 Å². The number of benzene rings is 2. The number of hydrogen-bond donors (Lipinski definition) is 1. The summed E-state index contributed by atoms with van der Waals surface area (Å²) in [5, 5.41) is 3.08. The van der Waals surface area contributed by atoms with Gasteiger partial charge < -0.3 is 10.1 Å². The average molecular weight is 338 g/mol. The number of nitrogens with zero attached hydrogens (tertiary/aromatic N) is 1. The van der Waals surface area contributed by atoms with Crippen LogP contribution in [0.5, 0.6) is 0 Å². The van der Waals surface area contributed by atoms with Gasteiger partial charge in [-0.1, -0.05) is 42.5 Å². The van der Waals surface area contributed by atoms with E-state index >= 15 is 0 Å². The summed E-state index contributed by atoms with van der Waals surface area (Å²) in [7, 11) is 0. The largest absolute Gasteiger partial charge is 0.377 e. The van der Waals surface area contributed by atoms with Gasteiger partial charge in [0.05, 0.1) is 12.6 Å². The Kier molecular flexibility index (Phi) is 6.20. The molecule has 0 radical (unpaired) electrons. The first-order chi connectivity index (χ1) is 12.3. The van der Waals surface area contributed by atoms with Crippen LogP contribution in [0.15, 0.2) is 54.6 Å². The van der Waals surface area contributed by atoms with Crippen LogP contribution in [-0.4, -0.2) is 30.0 Å². The number of likely N-dealkylation sites (tertiary alicyclic amines) is 1. The monoisotopic (exact) mass is 338 g/mol. The fourth-order valence-corrected chi connectivity index (χ4v) is 3.31. The van der Waals surface area contributed by atoms with Crippen molar-refractivity contribution in [2.75, 3.05) is 18.5 Å². The van der Waals surface area contributed by atoms with Crippen molar-refractivity contribution in [1.82, 2.24) is 4.90 Å². The van der Waals surface area contributed by atoms with Gasteiger partial charge in [-0.25, -0.2) is 0 Å². The Morgan fingerprint density at radius 3 is 2.76 bits per heavy atom. The Morgan fingerprint density at radius 2 is 1.96 bits per heavy atom. The highest BCUT2D eigenvalue weighted by Gasteiger charge is 2.30. The third-order valence-electron chi connectivity index (χ3n) is 4.56. The number of carbonyl (C=O) groups excluding carboxylic acids is 1. The molecule has 4 nitrogen and oxygen atoms in total. The van der Waals surface area contributed by atoms with Gasteiger partial charge in [0.25, 0.3) is 0 Å². The Hall–Kier alpha value is -2.17. The second kappa shape index (κ2) is 8.79. The van der Waals surface area contributed by atoms with Gasteiger partial charge in [-0.05, 0) is 49.6 Å². The molecule has 0 saturated carbocycles. The zero-order valence-electron chi connectivity index (χ0n) is 14.8. The first-order valence-electron chi connectivity index (χ1n) is 9.02. The molecule has 1 unspecified atom stereocenters. The fraction of sp³-hybridized carbons (Fsp3) is 0.381. The summed E-state index contributed by atoms with van der Waals surface area (Å²) in [6, 6.07) is 18.2. The summed E-state index contributed by atoms with van der Waals surface area (Å²) in [4.78, 5) is 15.0. The lowest BCUT2D eigenvalue weighted by atomic mass is 10.1. The molecule has 2 aromatic rings. The lowest BCUT2D eigenvalue weighted by Crippen LogP contribution is -2.39.